The van der Waals surface area contributed by atoms with Gasteiger partial charge in [0.25, 0.3) is 5.91 Å². The maximum atomic E-state index is 13.8. The van der Waals surface area contributed by atoms with Crippen LogP contribution in [-0.2, 0) is 37.2 Å². The summed E-state index contributed by atoms with van der Waals surface area (Å²) in [5.41, 5.74) is 1.11. The van der Waals surface area contributed by atoms with Gasteiger partial charge in [-0.1, -0.05) is 57.2 Å². The van der Waals surface area contributed by atoms with E-state index < -0.39 is 23.5 Å². The maximum Gasteiger partial charge on any atom is 0.416 e. The highest BCUT2D eigenvalue weighted by Gasteiger charge is 2.37. The summed E-state index contributed by atoms with van der Waals surface area (Å²) in [7, 11) is 0. The number of alkyl halides is 6. The Morgan fingerprint density at radius 2 is 1.45 bits per heavy atom. The molecule has 0 unspecified atom stereocenters. The normalized spacial score (nSPS) is 13.9. The molecule has 40 heavy (non-hydrogen) atoms. The number of hydrogen-bond acceptors (Lipinski definition) is 2. The third kappa shape index (κ3) is 6.98. The molecule has 0 saturated carbocycles. The average Bonchev–Trinajstić information content (AvgIpc) is 2.89. The molecule has 1 amide bonds. The molecule has 1 aliphatic rings. The lowest BCUT2D eigenvalue weighted by Gasteiger charge is -2.27. The van der Waals surface area contributed by atoms with Gasteiger partial charge in [-0.15, -0.1) is 0 Å². The van der Waals surface area contributed by atoms with Gasteiger partial charge in [0.2, 0.25) is 0 Å². The summed E-state index contributed by atoms with van der Waals surface area (Å²) < 4.78 is 80.5. The van der Waals surface area contributed by atoms with E-state index in [4.69, 9.17) is 0 Å². The fourth-order valence-electron chi connectivity index (χ4n) is 4.87. The lowest BCUT2D eigenvalue weighted by Crippen LogP contribution is -2.33. The lowest BCUT2D eigenvalue weighted by molar-refractivity contribution is -0.143. The second-order valence-corrected chi connectivity index (χ2v) is 11.2. The van der Waals surface area contributed by atoms with Gasteiger partial charge in [0.1, 0.15) is 0 Å². The first-order valence-electron chi connectivity index (χ1n) is 13.2. The van der Waals surface area contributed by atoms with Gasteiger partial charge in [-0.25, -0.2) is 0 Å². The van der Waals surface area contributed by atoms with Gasteiger partial charge in [0.15, 0.2) is 0 Å². The molecule has 0 bridgehead atoms. The molecule has 4 rings (SSSR count). The molecular formula is C31H32F6N2O. The minimum atomic E-state index is -4.94. The number of fused-ring (bicyclic) bond motifs is 1. The largest absolute Gasteiger partial charge is 0.416 e. The first kappa shape index (κ1) is 29.5. The molecule has 3 nitrogen and oxygen atoms in total. The summed E-state index contributed by atoms with van der Waals surface area (Å²) in [6.07, 6.45) is -8.32. The standard InChI is InChI=1S/C31H32F6N2O/c1-29(2,3)23-11-9-20(10-12-23)19-39(28(40)26-8-4-6-22-7-5-14-38-27(22)26)15-13-21-16-24(30(32,33)34)18-25(17-21)31(35,36)37/h4,6,8-12,16-18,38H,5,7,13-15,19H2,1-3H3. The highest BCUT2D eigenvalue weighted by Crippen LogP contribution is 2.36. The van der Waals surface area contributed by atoms with Gasteiger partial charge in [-0.3, -0.25) is 4.79 Å². The van der Waals surface area contributed by atoms with Crippen molar-refractivity contribution in [1.82, 2.24) is 4.90 Å². The Bertz CT molecular complexity index is 1320. The van der Waals surface area contributed by atoms with E-state index in [0.29, 0.717) is 12.1 Å². The number of anilines is 1. The van der Waals surface area contributed by atoms with Crippen LogP contribution in [0.1, 0.15) is 70.9 Å². The zero-order valence-corrected chi connectivity index (χ0v) is 22.6. The molecule has 0 atom stereocenters. The van der Waals surface area contributed by atoms with Crippen molar-refractivity contribution in [2.45, 2.75) is 64.3 Å². The number of benzene rings is 3. The zero-order valence-electron chi connectivity index (χ0n) is 22.6. The van der Waals surface area contributed by atoms with E-state index in [0.717, 1.165) is 47.4 Å². The van der Waals surface area contributed by atoms with Crippen molar-refractivity contribution in [1.29, 1.82) is 0 Å². The number of hydrogen-bond donors (Lipinski definition) is 1. The minimum absolute atomic E-state index is 0.0673. The minimum Gasteiger partial charge on any atom is -0.384 e. The third-order valence-corrected chi connectivity index (χ3v) is 7.10. The van der Waals surface area contributed by atoms with E-state index in [-0.39, 0.29) is 42.5 Å². The number of aryl methyl sites for hydroxylation is 1. The molecule has 1 heterocycles. The van der Waals surface area contributed by atoms with Crippen LogP contribution in [0.5, 0.6) is 0 Å². The van der Waals surface area contributed by atoms with Crippen LogP contribution >= 0.6 is 0 Å². The van der Waals surface area contributed by atoms with Crippen LogP contribution in [-0.4, -0.2) is 23.9 Å². The molecule has 3 aromatic rings. The van der Waals surface area contributed by atoms with Crippen molar-refractivity contribution in [2.24, 2.45) is 0 Å². The fraction of sp³-hybridized carbons (Fsp3) is 0.387. The second-order valence-electron chi connectivity index (χ2n) is 11.2. The Morgan fingerprint density at radius 1 is 0.825 bits per heavy atom. The van der Waals surface area contributed by atoms with Crippen molar-refractivity contribution >= 4 is 11.6 Å². The quantitative estimate of drug-likeness (QED) is 0.307. The number of para-hydroxylation sites is 1. The molecule has 9 heteroatoms. The van der Waals surface area contributed by atoms with Crippen LogP contribution in [0.2, 0.25) is 0 Å². The number of amides is 1. The second kappa shape index (κ2) is 11.2. The molecule has 0 radical (unpaired) electrons. The number of halogens is 6. The molecule has 0 aromatic heterocycles. The molecule has 1 aliphatic heterocycles. The Hall–Kier alpha value is -3.49. The Kier molecular flexibility index (Phi) is 8.24. The van der Waals surface area contributed by atoms with E-state index in [1.54, 1.807) is 12.1 Å². The predicted octanol–water partition coefficient (Wildman–Crippen LogP) is 8.26. The Balaban J connectivity index is 1.67. The first-order valence-corrected chi connectivity index (χ1v) is 13.2. The van der Waals surface area contributed by atoms with Crippen molar-refractivity contribution in [2.75, 3.05) is 18.4 Å². The highest BCUT2D eigenvalue weighted by molar-refractivity contribution is 6.00. The van der Waals surface area contributed by atoms with Gasteiger partial charge in [0, 0.05) is 19.6 Å². The smallest absolute Gasteiger partial charge is 0.384 e. The fourth-order valence-corrected chi connectivity index (χ4v) is 4.87. The van der Waals surface area contributed by atoms with Crippen LogP contribution < -0.4 is 5.32 Å². The van der Waals surface area contributed by atoms with Crippen LogP contribution in [0.3, 0.4) is 0 Å². The molecule has 0 aliphatic carbocycles. The molecule has 214 valence electrons. The van der Waals surface area contributed by atoms with Crippen molar-refractivity contribution in [3.63, 3.8) is 0 Å². The molecular weight excluding hydrogens is 530 g/mol. The molecule has 3 aromatic carbocycles. The van der Waals surface area contributed by atoms with Gasteiger partial charge in [-0.05, 0) is 71.2 Å². The number of rotatable bonds is 6. The summed E-state index contributed by atoms with van der Waals surface area (Å²) in [4.78, 5) is 15.3. The highest BCUT2D eigenvalue weighted by atomic mass is 19.4. The van der Waals surface area contributed by atoms with Crippen LogP contribution in [0.25, 0.3) is 0 Å². The van der Waals surface area contributed by atoms with E-state index in [2.05, 4.69) is 26.1 Å². The van der Waals surface area contributed by atoms with E-state index in [1.807, 2.05) is 30.3 Å². The summed E-state index contributed by atoms with van der Waals surface area (Å²) in [6.45, 7) is 7.02. The number of carbonyl (C=O) groups excluding carboxylic acids is 1. The summed E-state index contributed by atoms with van der Waals surface area (Å²) in [5.74, 6) is -0.339. The van der Waals surface area contributed by atoms with Crippen molar-refractivity contribution in [3.05, 3.63) is 99.6 Å². The first-order chi connectivity index (χ1) is 18.6. The van der Waals surface area contributed by atoms with Gasteiger partial charge in [0.05, 0.1) is 22.4 Å². The number of carbonyl (C=O) groups is 1. The summed E-state index contributed by atoms with van der Waals surface area (Å²) in [5, 5.41) is 3.28. The molecule has 0 spiro atoms. The van der Waals surface area contributed by atoms with E-state index in [1.165, 1.54) is 4.90 Å². The predicted molar refractivity (Wildman–Crippen MR) is 143 cm³/mol. The SMILES string of the molecule is CC(C)(C)c1ccc(CN(CCc2cc(C(F)(F)F)cc(C(F)(F)F)c2)C(=O)c2cccc3c2NCCC3)cc1. The van der Waals surface area contributed by atoms with E-state index in [9.17, 15) is 31.1 Å². The summed E-state index contributed by atoms with van der Waals surface area (Å²) >= 11 is 0. The number of nitrogens with one attached hydrogen (secondary N) is 1. The molecule has 0 fully saturated rings. The van der Waals surface area contributed by atoms with Crippen LogP contribution in [0.15, 0.2) is 60.7 Å². The van der Waals surface area contributed by atoms with Gasteiger partial charge < -0.3 is 10.2 Å². The summed E-state index contributed by atoms with van der Waals surface area (Å²) in [6, 6.07) is 14.7. The topological polar surface area (TPSA) is 32.3 Å². The maximum absolute atomic E-state index is 13.8. The molecule has 0 saturated heterocycles. The Morgan fingerprint density at radius 3 is 2.02 bits per heavy atom. The van der Waals surface area contributed by atoms with Gasteiger partial charge >= 0.3 is 12.4 Å². The number of nitrogens with zero attached hydrogens (tertiary/aromatic N) is 1. The van der Waals surface area contributed by atoms with E-state index >= 15 is 0 Å². The van der Waals surface area contributed by atoms with Crippen molar-refractivity contribution in [3.8, 4) is 0 Å². The molecule has 1 N–H and O–H groups in total. The zero-order chi connectivity index (χ0) is 29.3. The van der Waals surface area contributed by atoms with Crippen LogP contribution in [0, 0.1) is 0 Å². The van der Waals surface area contributed by atoms with Crippen molar-refractivity contribution < 1.29 is 31.1 Å². The monoisotopic (exact) mass is 562 g/mol. The lowest BCUT2D eigenvalue weighted by atomic mass is 9.87. The Labute approximate surface area is 230 Å². The average molecular weight is 563 g/mol. The van der Waals surface area contributed by atoms with Gasteiger partial charge in [-0.2, -0.15) is 26.3 Å². The van der Waals surface area contributed by atoms with Crippen LogP contribution in [0.4, 0.5) is 32.0 Å². The third-order valence-electron chi connectivity index (χ3n) is 7.10.